The highest BCUT2D eigenvalue weighted by Gasteiger charge is 2.08. The van der Waals surface area contributed by atoms with Crippen LogP contribution in [-0.2, 0) is 6.54 Å². The summed E-state index contributed by atoms with van der Waals surface area (Å²) in [6.07, 6.45) is 0. The predicted molar refractivity (Wildman–Crippen MR) is 105 cm³/mol. The van der Waals surface area contributed by atoms with Crippen molar-refractivity contribution in [2.75, 3.05) is 6.61 Å². The number of nitrogens with one attached hydrogen (secondary N) is 1. The first-order valence-electron chi connectivity index (χ1n) is 8.62. The number of ether oxygens (including phenoxy) is 1. The molecule has 3 aromatic rings. The van der Waals surface area contributed by atoms with Crippen LogP contribution in [0.15, 0.2) is 60.0 Å². The Balaban J connectivity index is 1.55. The maximum absolute atomic E-state index is 12.3. The Bertz CT molecular complexity index is 842. The molecule has 0 unspecified atom stereocenters. The van der Waals surface area contributed by atoms with Crippen LogP contribution in [0.2, 0.25) is 0 Å². The van der Waals surface area contributed by atoms with Gasteiger partial charge in [0.15, 0.2) is 0 Å². The van der Waals surface area contributed by atoms with E-state index in [1.807, 2.05) is 47.8 Å². The Hall–Kier alpha value is -2.66. The van der Waals surface area contributed by atoms with Crippen molar-refractivity contribution in [2.24, 2.45) is 5.92 Å². The van der Waals surface area contributed by atoms with E-state index in [-0.39, 0.29) is 5.91 Å². The van der Waals surface area contributed by atoms with Crippen molar-refractivity contribution in [2.45, 2.75) is 20.4 Å². The molecule has 1 heterocycles. The molecule has 0 bridgehead atoms. The van der Waals surface area contributed by atoms with E-state index < -0.39 is 0 Å². The summed E-state index contributed by atoms with van der Waals surface area (Å²) in [6.45, 7) is 5.28. The zero-order valence-corrected chi connectivity index (χ0v) is 15.8. The fourth-order valence-corrected chi connectivity index (χ4v) is 3.17. The summed E-state index contributed by atoms with van der Waals surface area (Å²) >= 11 is 1.58. The minimum absolute atomic E-state index is 0.116. The molecule has 0 saturated heterocycles. The van der Waals surface area contributed by atoms with E-state index >= 15 is 0 Å². The van der Waals surface area contributed by atoms with Crippen molar-refractivity contribution in [3.05, 3.63) is 71.2 Å². The quantitative estimate of drug-likeness (QED) is 0.655. The SMILES string of the molecule is CC(C)COc1ccc(C(=O)NCc2csc(-c3ccccc3)n2)cc1. The van der Waals surface area contributed by atoms with Crippen LogP contribution in [0.3, 0.4) is 0 Å². The molecule has 0 aliphatic heterocycles. The summed E-state index contributed by atoms with van der Waals surface area (Å²) in [7, 11) is 0. The maximum atomic E-state index is 12.3. The van der Waals surface area contributed by atoms with Gasteiger partial charge in [0.25, 0.3) is 5.91 Å². The molecule has 5 heteroatoms. The lowest BCUT2D eigenvalue weighted by Crippen LogP contribution is -2.22. The molecule has 0 saturated carbocycles. The number of hydrogen-bond donors (Lipinski definition) is 1. The van der Waals surface area contributed by atoms with Crippen LogP contribution in [0.4, 0.5) is 0 Å². The first kappa shape index (κ1) is 18.1. The topological polar surface area (TPSA) is 51.2 Å². The molecule has 0 spiro atoms. The van der Waals surface area contributed by atoms with Crippen molar-refractivity contribution < 1.29 is 9.53 Å². The Morgan fingerprint density at radius 1 is 1.12 bits per heavy atom. The lowest BCUT2D eigenvalue weighted by molar-refractivity contribution is 0.0950. The highest BCUT2D eigenvalue weighted by atomic mass is 32.1. The molecule has 0 aliphatic carbocycles. The molecule has 1 N–H and O–H groups in total. The number of thiazole rings is 1. The van der Waals surface area contributed by atoms with Gasteiger partial charge in [0.2, 0.25) is 0 Å². The molecule has 134 valence electrons. The van der Waals surface area contributed by atoms with Crippen molar-refractivity contribution in [3.63, 3.8) is 0 Å². The zero-order valence-electron chi connectivity index (χ0n) is 14.9. The van der Waals surface area contributed by atoms with E-state index in [1.54, 1.807) is 23.5 Å². The van der Waals surface area contributed by atoms with Crippen molar-refractivity contribution in [1.82, 2.24) is 10.3 Å². The van der Waals surface area contributed by atoms with Gasteiger partial charge in [0.1, 0.15) is 10.8 Å². The van der Waals surface area contributed by atoms with Crippen LogP contribution >= 0.6 is 11.3 Å². The number of amides is 1. The van der Waals surface area contributed by atoms with Crippen LogP contribution < -0.4 is 10.1 Å². The normalized spacial score (nSPS) is 10.7. The molecule has 0 aliphatic rings. The lowest BCUT2D eigenvalue weighted by Gasteiger charge is -2.09. The largest absolute Gasteiger partial charge is 0.493 e. The van der Waals surface area contributed by atoms with Gasteiger partial charge >= 0.3 is 0 Å². The Labute approximate surface area is 157 Å². The summed E-state index contributed by atoms with van der Waals surface area (Å²) in [6, 6.07) is 17.2. The second-order valence-electron chi connectivity index (χ2n) is 6.42. The second kappa shape index (κ2) is 8.63. The minimum atomic E-state index is -0.116. The molecule has 1 aromatic heterocycles. The van der Waals surface area contributed by atoms with E-state index in [2.05, 4.69) is 24.1 Å². The number of carbonyl (C=O) groups is 1. The lowest BCUT2D eigenvalue weighted by atomic mass is 10.2. The standard InChI is InChI=1S/C21H22N2O2S/c1-15(2)13-25-19-10-8-16(9-11-19)20(24)22-12-18-14-26-21(23-18)17-6-4-3-5-7-17/h3-11,14-15H,12-13H2,1-2H3,(H,22,24). The van der Waals surface area contributed by atoms with Gasteiger partial charge in [0.05, 0.1) is 18.8 Å². The van der Waals surface area contributed by atoms with Gasteiger partial charge in [-0.2, -0.15) is 0 Å². The van der Waals surface area contributed by atoms with Crippen molar-refractivity contribution >= 4 is 17.2 Å². The molecule has 3 rings (SSSR count). The Morgan fingerprint density at radius 3 is 2.54 bits per heavy atom. The van der Waals surface area contributed by atoms with Gasteiger partial charge in [-0.05, 0) is 30.2 Å². The fraction of sp³-hybridized carbons (Fsp3) is 0.238. The van der Waals surface area contributed by atoms with E-state index in [9.17, 15) is 4.79 Å². The first-order valence-corrected chi connectivity index (χ1v) is 9.50. The van der Waals surface area contributed by atoms with Gasteiger partial charge in [-0.25, -0.2) is 4.98 Å². The van der Waals surface area contributed by atoms with Gasteiger partial charge in [-0.3, -0.25) is 4.79 Å². The minimum Gasteiger partial charge on any atom is -0.493 e. The molecular weight excluding hydrogens is 344 g/mol. The molecule has 1 amide bonds. The number of aromatic nitrogens is 1. The third kappa shape index (κ3) is 4.92. The molecule has 2 aromatic carbocycles. The number of benzene rings is 2. The Morgan fingerprint density at radius 2 is 1.85 bits per heavy atom. The maximum Gasteiger partial charge on any atom is 0.251 e. The van der Waals surface area contributed by atoms with E-state index in [0.717, 1.165) is 22.0 Å². The third-order valence-corrected chi connectivity index (χ3v) is 4.64. The van der Waals surface area contributed by atoms with Gasteiger partial charge < -0.3 is 10.1 Å². The van der Waals surface area contributed by atoms with Crippen LogP contribution in [0.25, 0.3) is 10.6 Å². The Kier molecular flexibility index (Phi) is 6.02. The average molecular weight is 366 g/mol. The summed E-state index contributed by atoms with van der Waals surface area (Å²) < 4.78 is 5.64. The number of carbonyl (C=O) groups excluding carboxylic acids is 1. The number of hydrogen-bond acceptors (Lipinski definition) is 4. The monoisotopic (exact) mass is 366 g/mol. The van der Waals surface area contributed by atoms with Gasteiger partial charge in [-0.1, -0.05) is 44.2 Å². The van der Waals surface area contributed by atoms with E-state index in [4.69, 9.17) is 4.74 Å². The first-order chi connectivity index (χ1) is 12.6. The van der Waals surface area contributed by atoms with Crippen LogP contribution in [0.5, 0.6) is 5.75 Å². The summed E-state index contributed by atoms with van der Waals surface area (Å²) in [5.41, 5.74) is 2.56. The second-order valence-corrected chi connectivity index (χ2v) is 7.28. The predicted octanol–water partition coefficient (Wildman–Crippen LogP) is 4.77. The van der Waals surface area contributed by atoms with Crippen molar-refractivity contribution in [3.8, 4) is 16.3 Å². The number of nitrogens with zero attached hydrogens (tertiary/aromatic N) is 1. The molecule has 26 heavy (non-hydrogen) atoms. The molecule has 0 atom stereocenters. The van der Waals surface area contributed by atoms with E-state index in [1.165, 1.54) is 0 Å². The van der Waals surface area contributed by atoms with Crippen molar-refractivity contribution in [1.29, 1.82) is 0 Å². The third-order valence-electron chi connectivity index (χ3n) is 3.70. The van der Waals surface area contributed by atoms with Crippen LogP contribution in [0, 0.1) is 5.92 Å². The van der Waals surface area contributed by atoms with E-state index in [0.29, 0.717) is 24.6 Å². The average Bonchev–Trinajstić information content (AvgIpc) is 3.14. The highest BCUT2D eigenvalue weighted by Crippen LogP contribution is 2.23. The highest BCUT2D eigenvalue weighted by molar-refractivity contribution is 7.13. The molecule has 0 radical (unpaired) electrons. The summed E-state index contributed by atoms with van der Waals surface area (Å²) in [4.78, 5) is 16.9. The smallest absolute Gasteiger partial charge is 0.251 e. The van der Waals surface area contributed by atoms with Gasteiger partial charge in [0, 0.05) is 16.5 Å². The summed E-state index contributed by atoms with van der Waals surface area (Å²) in [5.74, 6) is 1.13. The van der Waals surface area contributed by atoms with Crippen LogP contribution in [-0.4, -0.2) is 17.5 Å². The fourth-order valence-electron chi connectivity index (χ4n) is 2.34. The number of rotatable bonds is 7. The molecular formula is C21H22N2O2S. The zero-order chi connectivity index (χ0) is 18.4. The molecule has 4 nitrogen and oxygen atoms in total. The van der Waals surface area contributed by atoms with Crippen LogP contribution in [0.1, 0.15) is 29.9 Å². The molecule has 0 fully saturated rings. The van der Waals surface area contributed by atoms with Gasteiger partial charge in [-0.15, -0.1) is 11.3 Å². The summed E-state index contributed by atoms with van der Waals surface area (Å²) in [5, 5.41) is 5.85.